The fourth-order valence-electron chi connectivity index (χ4n) is 2.18. The molecule has 0 saturated carbocycles. The van der Waals surface area contributed by atoms with Gasteiger partial charge in [0, 0.05) is 19.6 Å². The maximum absolute atomic E-state index is 11.7. The Bertz CT molecular complexity index is 476. The van der Waals surface area contributed by atoms with Gasteiger partial charge in [-0.3, -0.25) is 4.79 Å². The molecule has 1 aromatic carbocycles. The van der Waals surface area contributed by atoms with Crippen LogP contribution in [0.5, 0.6) is 5.75 Å². The van der Waals surface area contributed by atoms with Crippen molar-refractivity contribution in [1.29, 1.82) is 0 Å². The second-order valence-electron chi connectivity index (χ2n) is 5.16. The summed E-state index contributed by atoms with van der Waals surface area (Å²) >= 11 is 5.09. The Hall–Kier alpha value is -1.66. The van der Waals surface area contributed by atoms with Crippen LogP contribution >= 0.6 is 12.2 Å². The molecule has 1 amide bonds. The lowest BCUT2D eigenvalue weighted by Gasteiger charge is -2.13. The molecule has 1 fully saturated rings. The van der Waals surface area contributed by atoms with Gasteiger partial charge in [-0.15, -0.1) is 0 Å². The van der Waals surface area contributed by atoms with Gasteiger partial charge in [-0.05, 0) is 43.6 Å². The maximum Gasteiger partial charge on any atom is 0.226 e. The number of rotatable bonds is 7. The van der Waals surface area contributed by atoms with E-state index in [1.54, 1.807) is 0 Å². The quantitative estimate of drug-likeness (QED) is 0.594. The number of amides is 1. The van der Waals surface area contributed by atoms with Crippen molar-refractivity contribution in [3.8, 4) is 5.75 Å². The molecule has 0 radical (unpaired) electrons. The standard InChI is InChI=1S/C16H22N2O3S/c19-15(9-5-11-20-13-6-2-1-3-7-13)18-16(22)17-12-14-8-4-10-21-14/h1-3,6-7,14H,4-5,8-12H2,(H2,17,18,19,22). The highest BCUT2D eigenvalue weighted by molar-refractivity contribution is 7.80. The monoisotopic (exact) mass is 322 g/mol. The van der Waals surface area contributed by atoms with Gasteiger partial charge in [-0.2, -0.15) is 0 Å². The van der Waals surface area contributed by atoms with Gasteiger partial charge in [0.15, 0.2) is 5.11 Å². The Kier molecular flexibility index (Phi) is 7.12. The van der Waals surface area contributed by atoms with Crippen LogP contribution in [0.1, 0.15) is 25.7 Å². The molecule has 5 nitrogen and oxygen atoms in total. The minimum absolute atomic E-state index is 0.0958. The van der Waals surface area contributed by atoms with Crippen LogP contribution in [0.2, 0.25) is 0 Å². The van der Waals surface area contributed by atoms with Crippen LogP contribution in [-0.4, -0.2) is 36.9 Å². The highest BCUT2D eigenvalue weighted by Crippen LogP contribution is 2.10. The second kappa shape index (κ2) is 9.38. The zero-order valence-corrected chi connectivity index (χ0v) is 13.4. The van der Waals surface area contributed by atoms with E-state index in [1.807, 2.05) is 30.3 Å². The first kappa shape index (κ1) is 16.7. The molecule has 1 aliphatic rings. The summed E-state index contributed by atoms with van der Waals surface area (Å²) in [5.74, 6) is 0.721. The van der Waals surface area contributed by atoms with Crippen molar-refractivity contribution in [1.82, 2.24) is 10.6 Å². The fraction of sp³-hybridized carbons (Fsp3) is 0.500. The number of thiocarbonyl (C=S) groups is 1. The van der Waals surface area contributed by atoms with E-state index in [0.717, 1.165) is 25.2 Å². The molecular weight excluding hydrogens is 300 g/mol. The summed E-state index contributed by atoms with van der Waals surface area (Å²) in [7, 11) is 0. The Labute approximate surface area is 136 Å². The highest BCUT2D eigenvalue weighted by Gasteiger charge is 2.15. The first-order valence-corrected chi connectivity index (χ1v) is 8.02. The molecule has 120 valence electrons. The molecule has 1 heterocycles. The van der Waals surface area contributed by atoms with Crippen molar-refractivity contribution in [2.24, 2.45) is 0 Å². The van der Waals surface area contributed by atoms with Crippen LogP contribution in [0.3, 0.4) is 0 Å². The lowest BCUT2D eigenvalue weighted by Crippen LogP contribution is -2.42. The minimum atomic E-state index is -0.0958. The van der Waals surface area contributed by atoms with Crippen LogP contribution in [0.4, 0.5) is 0 Å². The van der Waals surface area contributed by atoms with E-state index < -0.39 is 0 Å². The first-order valence-electron chi connectivity index (χ1n) is 7.61. The highest BCUT2D eigenvalue weighted by atomic mass is 32.1. The van der Waals surface area contributed by atoms with Gasteiger partial charge >= 0.3 is 0 Å². The van der Waals surface area contributed by atoms with Crippen molar-refractivity contribution < 1.29 is 14.3 Å². The van der Waals surface area contributed by atoms with Crippen LogP contribution in [0, 0.1) is 0 Å². The average Bonchev–Trinajstić information content (AvgIpc) is 3.04. The smallest absolute Gasteiger partial charge is 0.226 e. The van der Waals surface area contributed by atoms with Crippen molar-refractivity contribution in [2.45, 2.75) is 31.8 Å². The van der Waals surface area contributed by atoms with E-state index in [2.05, 4.69) is 10.6 Å². The molecule has 0 aromatic heterocycles. The molecule has 1 saturated heterocycles. The summed E-state index contributed by atoms with van der Waals surface area (Å²) in [6.07, 6.45) is 3.37. The van der Waals surface area contributed by atoms with Gasteiger partial charge < -0.3 is 20.1 Å². The van der Waals surface area contributed by atoms with Gasteiger partial charge in [0.05, 0.1) is 12.7 Å². The van der Waals surface area contributed by atoms with E-state index in [4.69, 9.17) is 21.7 Å². The minimum Gasteiger partial charge on any atom is -0.494 e. The van der Waals surface area contributed by atoms with Gasteiger partial charge in [0.25, 0.3) is 0 Å². The second-order valence-corrected chi connectivity index (χ2v) is 5.57. The predicted octanol–water partition coefficient (Wildman–Crippen LogP) is 2.02. The summed E-state index contributed by atoms with van der Waals surface area (Å²) in [6.45, 7) is 1.97. The Morgan fingerprint density at radius 2 is 2.18 bits per heavy atom. The fourth-order valence-corrected chi connectivity index (χ4v) is 2.38. The van der Waals surface area contributed by atoms with E-state index in [-0.39, 0.29) is 12.0 Å². The van der Waals surface area contributed by atoms with E-state index in [0.29, 0.717) is 31.1 Å². The molecule has 1 unspecified atom stereocenters. The molecule has 0 spiro atoms. The van der Waals surface area contributed by atoms with Gasteiger partial charge in [-0.25, -0.2) is 0 Å². The molecule has 0 bridgehead atoms. The molecule has 1 atom stereocenters. The van der Waals surface area contributed by atoms with Crippen molar-refractivity contribution >= 4 is 23.2 Å². The summed E-state index contributed by atoms with van der Waals surface area (Å²) in [5.41, 5.74) is 0. The number of carbonyl (C=O) groups is 1. The number of hydrogen-bond donors (Lipinski definition) is 2. The maximum atomic E-state index is 11.7. The van der Waals surface area contributed by atoms with E-state index in [1.165, 1.54) is 0 Å². The SMILES string of the molecule is O=C(CCCOc1ccccc1)NC(=S)NCC1CCCO1. The van der Waals surface area contributed by atoms with Crippen LogP contribution in [0.15, 0.2) is 30.3 Å². The molecule has 1 aromatic rings. The number of para-hydroxylation sites is 1. The lowest BCUT2D eigenvalue weighted by molar-refractivity contribution is -0.119. The molecule has 22 heavy (non-hydrogen) atoms. The molecule has 0 aliphatic carbocycles. The molecule has 2 rings (SSSR count). The Morgan fingerprint density at radius 3 is 2.91 bits per heavy atom. The Balaban J connectivity index is 1.52. The average molecular weight is 322 g/mol. The predicted molar refractivity (Wildman–Crippen MR) is 88.9 cm³/mol. The van der Waals surface area contributed by atoms with Crippen molar-refractivity contribution in [2.75, 3.05) is 19.8 Å². The number of hydrogen-bond acceptors (Lipinski definition) is 4. The number of benzene rings is 1. The van der Waals surface area contributed by atoms with Crippen molar-refractivity contribution in [3.05, 3.63) is 30.3 Å². The molecule has 2 N–H and O–H groups in total. The van der Waals surface area contributed by atoms with Gasteiger partial charge in [-0.1, -0.05) is 18.2 Å². The van der Waals surface area contributed by atoms with Gasteiger partial charge in [0.1, 0.15) is 5.75 Å². The molecule has 1 aliphatic heterocycles. The Morgan fingerprint density at radius 1 is 1.36 bits per heavy atom. The lowest BCUT2D eigenvalue weighted by atomic mass is 10.2. The number of ether oxygens (including phenoxy) is 2. The van der Waals surface area contributed by atoms with Crippen LogP contribution in [0.25, 0.3) is 0 Å². The van der Waals surface area contributed by atoms with Crippen LogP contribution < -0.4 is 15.4 Å². The largest absolute Gasteiger partial charge is 0.494 e. The summed E-state index contributed by atoms with van der Waals surface area (Å²) < 4.78 is 11.0. The topological polar surface area (TPSA) is 59.6 Å². The van der Waals surface area contributed by atoms with Crippen LogP contribution in [-0.2, 0) is 9.53 Å². The molecular formula is C16H22N2O3S. The zero-order valence-electron chi connectivity index (χ0n) is 12.5. The third kappa shape index (κ3) is 6.41. The first-order chi connectivity index (χ1) is 10.7. The van der Waals surface area contributed by atoms with E-state index >= 15 is 0 Å². The van der Waals surface area contributed by atoms with Crippen molar-refractivity contribution in [3.63, 3.8) is 0 Å². The summed E-state index contributed by atoms with van der Waals surface area (Å²) in [5, 5.41) is 6.05. The summed E-state index contributed by atoms with van der Waals surface area (Å²) in [4.78, 5) is 11.7. The normalized spacial score (nSPS) is 17.0. The van der Waals surface area contributed by atoms with Gasteiger partial charge in [0.2, 0.25) is 5.91 Å². The number of nitrogens with one attached hydrogen (secondary N) is 2. The number of carbonyl (C=O) groups excluding carboxylic acids is 1. The summed E-state index contributed by atoms with van der Waals surface area (Å²) in [6, 6.07) is 9.56. The molecule has 6 heteroatoms. The third-order valence-corrected chi connectivity index (χ3v) is 3.57. The third-order valence-electron chi connectivity index (χ3n) is 3.33. The zero-order chi connectivity index (χ0) is 15.6. The van der Waals surface area contributed by atoms with E-state index in [9.17, 15) is 4.79 Å².